The van der Waals surface area contributed by atoms with E-state index in [0.717, 1.165) is 16.8 Å². The molecule has 116 valence electrons. The van der Waals surface area contributed by atoms with Crippen molar-refractivity contribution in [1.82, 2.24) is 4.90 Å². The summed E-state index contributed by atoms with van der Waals surface area (Å²) in [5.41, 5.74) is 0.650. The van der Waals surface area contributed by atoms with E-state index in [4.69, 9.17) is 11.6 Å². The Kier molecular flexibility index (Phi) is 5.17. The molecule has 0 N–H and O–H groups in total. The second kappa shape index (κ2) is 6.95. The number of carbonyl (C=O) groups is 1. The van der Waals surface area contributed by atoms with Crippen molar-refractivity contribution in [3.05, 3.63) is 55.6 Å². The first kappa shape index (κ1) is 16.4. The van der Waals surface area contributed by atoms with Crippen LogP contribution in [0.3, 0.4) is 0 Å². The molecule has 2 heterocycles. The molecule has 0 spiro atoms. The van der Waals surface area contributed by atoms with Gasteiger partial charge in [0.25, 0.3) is 5.91 Å². The second-order valence-corrected chi connectivity index (χ2v) is 8.75. The SMILES string of the molecule is C[C@H]1CS[C@H](c2cccs2)CN1C(=O)c1ccc(Br)c(Cl)c1. The Morgan fingerprint density at radius 1 is 1.41 bits per heavy atom. The molecule has 0 radical (unpaired) electrons. The summed E-state index contributed by atoms with van der Waals surface area (Å²) in [5.74, 6) is 1.02. The average Bonchev–Trinajstić information content (AvgIpc) is 3.04. The molecule has 1 aliphatic rings. The lowest BCUT2D eigenvalue weighted by Gasteiger charge is -2.37. The molecule has 1 aromatic carbocycles. The molecule has 1 aliphatic heterocycles. The molecule has 1 amide bonds. The molecule has 22 heavy (non-hydrogen) atoms. The van der Waals surface area contributed by atoms with E-state index in [0.29, 0.717) is 15.8 Å². The van der Waals surface area contributed by atoms with Gasteiger partial charge in [0.15, 0.2) is 0 Å². The Balaban J connectivity index is 1.81. The van der Waals surface area contributed by atoms with Gasteiger partial charge in [-0.1, -0.05) is 17.7 Å². The topological polar surface area (TPSA) is 20.3 Å². The highest BCUT2D eigenvalue weighted by atomic mass is 79.9. The highest BCUT2D eigenvalue weighted by Crippen LogP contribution is 2.38. The van der Waals surface area contributed by atoms with Crippen molar-refractivity contribution in [3.8, 4) is 0 Å². The Morgan fingerprint density at radius 3 is 2.91 bits per heavy atom. The maximum absolute atomic E-state index is 12.8. The van der Waals surface area contributed by atoms with Crippen molar-refractivity contribution in [3.63, 3.8) is 0 Å². The lowest BCUT2D eigenvalue weighted by Crippen LogP contribution is -2.45. The van der Waals surface area contributed by atoms with Crippen LogP contribution in [0, 0.1) is 0 Å². The number of halogens is 2. The Bertz CT molecular complexity index is 677. The van der Waals surface area contributed by atoms with Gasteiger partial charge in [0.1, 0.15) is 0 Å². The molecule has 1 aromatic heterocycles. The average molecular weight is 417 g/mol. The van der Waals surface area contributed by atoms with Crippen LogP contribution in [0.5, 0.6) is 0 Å². The number of hydrogen-bond donors (Lipinski definition) is 0. The number of rotatable bonds is 2. The minimum Gasteiger partial charge on any atom is -0.334 e. The number of nitrogens with zero attached hydrogens (tertiary/aromatic N) is 1. The quantitative estimate of drug-likeness (QED) is 0.646. The predicted molar refractivity (Wildman–Crippen MR) is 99.2 cm³/mol. The van der Waals surface area contributed by atoms with Crippen LogP contribution < -0.4 is 0 Å². The van der Waals surface area contributed by atoms with Gasteiger partial charge >= 0.3 is 0 Å². The fourth-order valence-electron chi connectivity index (χ4n) is 2.48. The number of carbonyl (C=O) groups excluding carboxylic acids is 1. The highest BCUT2D eigenvalue weighted by Gasteiger charge is 2.31. The zero-order valence-electron chi connectivity index (χ0n) is 12.0. The molecule has 0 bridgehead atoms. The lowest BCUT2D eigenvalue weighted by atomic mass is 10.1. The Morgan fingerprint density at radius 2 is 2.23 bits per heavy atom. The zero-order chi connectivity index (χ0) is 15.7. The van der Waals surface area contributed by atoms with Crippen LogP contribution in [-0.4, -0.2) is 29.1 Å². The van der Waals surface area contributed by atoms with E-state index in [1.54, 1.807) is 17.4 Å². The normalized spacial score (nSPS) is 21.9. The van der Waals surface area contributed by atoms with Gasteiger partial charge in [0, 0.05) is 33.3 Å². The number of benzene rings is 1. The van der Waals surface area contributed by atoms with E-state index < -0.39 is 0 Å². The number of thioether (sulfide) groups is 1. The third-order valence-corrected chi connectivity index (χ3v) is 7.57. The summed E-state index contributed by atoms with van der Waals surface area (Å²) in [5, 5.41) is 3.03. The number of hydrogen-bond acceptors (Lipinski definition) is 3. The maximum atomic E-state index is 12.8. The van der Waals surface area contributed by atoms with E-state index in [9.17, 15) is 4.79 Å². The van der Waals surface area contributed by atoms with Crippen LogP contribution in [0.2, 0.25) is 5.02 Å². The van der Waals surface area contributed by atoms with Crippen molar-refractivity contribution in [2.75, 3.05) is 12.3 Å². The van der Waals surface area contributed by atoms with E-state index in [1.807, 2.05) is 28.8 Å². The van der Waals surface area contributed by atoms with Crippen molar-refractivity contribution in [1.29, 1.82) is 0 Å². The fourth-order valence-corrected chi connectivity index (χ4v) is 5.18. The smallest absolute Gasteiger partial charge is 0.254 e. The van der Waals surface area contributed by atoms with Crippen molar-refractivity contribution in [2.24, 2.45) is 0 Å². The Hall–Kier alpha value is -0.490. The highest BCUT2D eigenvalue weighted by molar-refractivity contribution is 9.10. The van der Waals surface area contributed by atoms with E-state index >= 15 is 0 Å². The number of amides is 1. The summed E-state index contributed by atoms with van der Waals surface area (Å²) in [6.45, 7) is 2.86. The van der Waals surface area contributed by atoms with E-state index in [2.05, 4.69) is 40.4 Å². The molecule has 2 nitrogen and oxygen atoms in total. The standard InChI is InChI=1S/C16H15BrClNOS2/c1-10-9-22-15(14-3-2-6-21-14)8-19(10)16(20)11-4-5-12(17)13(18)7-11/h2-7,10,15H,8-9H2,1H3/t10-,15-/m0/s1. The first-order valence-electron chi connectivity index (χ1n) is 6.97. The number of thiophene rings is 1. The first-order chi connectivity index (χ1) is 10.6. The second-order valence-electron chi connectivity index (χ2n) is 5.27. The fraction of sp³-hybridized carbons (Fsp3) is 0.312. The Labute approximate surface area is 152 Å². The van der Waals surface area contributed by atoms with Crippen LogP contribution in [-0.2, 0) is 0 Å². The molecule has 2 atom stereocenters. The first-order valence-corrected chi connectivity index (χ1v) is 10.1. The van der Waals surface area contributed by atoms with Gasteiger partial charge in [0.2, 0.25) is 0 Å². The van der Waals surface area contributed by atoms with Gasteiger partial charge < -0.3 is 4.90 Å². The molecule has 0 unspecified atom stereocenters. The van der Waals surface area contributed by atoms with Crippen molar-refractivity contribution >= 4 is 56.5 Å². The summed E-state index contributed by atoms with van der Waals surface area (Å²) in [6, 6.07) is 9.85. The van der Waals surface area contributed by atoms with Gasteiger partial charge in [-0.2, -0.15) is 0 Å². The molecule has 1 fully saturated rings. The minimum absolute atomic E-state index is 0.0590. The van der Waals surface area contributed by atoms with Gasteiger partial charge in [-0.3, -0.25) is 4.79 Å². The lowest BCUT2D eigenvalue weighted by molar-refractivity contribution is 0.0702. The van der Waals surface area contributed by atoms with Gasteiger partial charge in [-0.25, -0.2) is 0 Å². The molecule has 3 rings (SSSR count). The molecule has 6 heteroatoms. The maximum Gasteiger partial charge on any atom is 0.254 e. The van der Waals surface area contributed by atoms with Gasteiger partial charge in [0.05, 0.1) is 10.3 Å². The molecule has 0 saturated carbocycles. The summed E-state index contributed by atoms with van der Waals surface area (Å²) < 4.78 is 0.810. The van der Waals surface area contributed by atoms with Crippen LogP contribution in [0.25, 0.3) is 0 Å². The molecular weight excluding hydrogens is 402 g/mol. The largest absolute Gasteiger partial charge is 0.334 e. The molecule has 1 saturated heterocycles. The van der Waals surface area contributed by atoms with Crippen molar-refractivity contribution < 1.29 is 4.79 Å². The predicted octanol–water partition coefficient (Wildman–Crippen LogP) is 5.48. The van der Waals surface area contributed by atoms with E-state index in [-0.39, 0.29) is 11.9 Å². The summed E-state index contributed by atoms with van der Waals surface area (Å²) >= 11 is 13.2. The van der Waals surface area contributed by atoms with Crippen LogP contribution >= 0.6 is 50.6 Å². The molecule has 2 aromatic rings. The van der Waals surface area contributed by atoms with Gasteiger partial charge in [-0.05, 0) is 52.5 Å². The minimum atomic E-state index is 0.0590. The summed E-state index contributed by atoms with van der Waals surface area (Å²) in [4.78, 5) is 16.1. The molecular formula is C16H15BrClNOS2. The van der Waals surface area contributed by atoms with Crippen LogP contribution in [0.1, 0.15) is 27.4 Å². The summed E-state index contributed by atoms with van der Waals surface area (Å²) in [6.07, 6.45) is 0. The molecule has 0 aliphatic carbocycles. The van der Waals surface area contributed by atoms with Gasteiger partial charge in [-0.15, -0.1) is 23.1 Å². The van der Waals surface area contributed by atoms with Crippen LogP contribution in [0.15, 0.2) is 40.2 Å². The van der Waals surface area contributed by atoms with Crippen molar-refractivity contribution in [2.45, 2.75) is 18.2 Å². The third-order valence-electron chi connectivity index (χ3n) is 3.72. The monoisotopic (exact) mass is 415 g/mol. The third kappa shape index (κ3) is 3.37. The zero-order valence-corrected chi connectivity index (χ0v) is 15.9. The summed E-state index contributed by atoms with van der Waals surface area (Å²) in [7, 11) is 0. The van der Waals surface area contributed by atoms with Crippen LogP contribution in [0.4, 0.5) is 0 Å². The van der Waals surface area contributed by atoms with E-state index in [1.165, 1.54) is 4.88 Å².